The fourth-order valence-electron chi connectivity index (χ4n) is 5.73. The highest BCUT2D eigenvalue weighted by atomic mass is 16.5. The van der Waals surface area contributed by atoms with Crippen LogP contribution in [0.1, 0.15) is 62.6 Å². The van der Waals surface area contributed by atoms with Gasteiger partial charge in [0.1, 0.15) is 5.75 Å². The lowest BCUT2D eigenvalue weighted by atomic mass is 9.86. The summed E-state index contributed by atoms with van der Waals surface area (Å²) in [7, 11) is 1.90. The monoisotopic (exact) mass is 534 g/mol. The normalized spacial score (nSPS) is 21.8. The summed E-state index contributed by atoms with van der Waals surface area (Å²) in [6, 6.07) is 14.8. The number of nitrogens with one attached hydrogen (secondary N) is 2. The van der Waals surface area contributed by atoms with Gasteiger partial charge in [0.2, 0.25) is 11.8 Å². The molecule has 7 heteroatoms. The number of nitrogens with zero attached hydrogens (tertiary/aromatic N) is 2. The molecule has 2 amide bonds. The molecular weight excluding hydrogens is 488 g/mol. The Labute approximate surface area is 234 Å². The maximum Gasteiger partial charge on any atom is 0.229 e. The minimum Gasteiger partial charge on any atom is -0.490 e. The molecule has 1 aliphatic carbocycles. The maximum atomic E-state index is 13.4. The first-order chi connectivity index (χ1) is 18.8. The van der Waals surface area contributed by atoms with Crippen LogP contribution < -0.4 is 20.3 Å². The summed E-state index contributed by atoms with van der Waals surface area (Å²) in [5.74, 6) is 1.05. The molecule has 0 unspecified atom stereocenters. The Balaban J connectivity index is 1.26. The van der Waals surface area contributed by atoms with Crippen molar-refractivity contribution >= 4 is 17.5 Å². The highest BCUT2D eigenvalue weighted by molar-refractivity contribution is 5.94. The van der Waals surface area contributed by atoms with Crippen molar-refractivity contribution < 1.29 is 14.3 Å². The zero-order valence-electron chi connectivity index (χ0n) is 24.2. The molecule has 39 heavy (non-hydrogen) atoms. The summed E-state index contributed by atoms with van der Waals surface area (Å²) in [6.45, 7) is 11.2. The average molecular weight is 535 g/mol. The number of carbonyl (C=O) groups excluding carboxylic acids is 2. The summed E-state index contributed by atoms with van der Waals surface area (Å²) in [4.78, 5) is 29.8. The molecule has 1 heterocycles. The molecule has 1 saturated heterocycles. The zero-order valence-corrected chi connectivity index (χ0v) is 24.2. The number of benzene rings is 2. The Hall–Kier alpha value is -2.90. The molecule has 0 radical (unpaired) electrons. The smallest absolute Gasteiger partial charge is 0.229 e. The number of carbonyl (C=O) groups is 2. The minimum absolute atomic E-state index is 0.0192. The van der Waals surface area contributed by atoms with Crippen LogP contribution in [0.15, 0.2) is 42.5 Å². The van der Waals surface area contributed by atoms with Gasteiger partial charge in [-0.15, -0.1) is 0 Å². The highest BCUT2D eigenvalue weighted by Gasteiger charge is 2.30. The van der Waals surface area contributed by atoms with E-state index in [1.807, 2.05) is 43.1 Å². The van der Waals surface area contributed by atoms with Crippen molar-refractivity contribution in [3.8, 4) is 5.75 Å². The number of piperazine rings is 1. The number of hydrogen-bond donors (Lipinski definition) is 2. The van der Waals surface area contributed by atoms with Gasteiger partial charge in [-0.1, -0.05) is 25.1 Å². The zero-order chi connectivity index (χ0) is 27.8. The van der Waals surface area contributed by atoms with E-state index in [1.165, 1.54) is 11.1 Å². The SMILES string of the molecule is CCCNC(=O)Cc1cccc(OC2CCC(C(=O)N(C)c3ccc(CN4CCN[C@@H](C)C4)c(C)c3)CC2)c1. The highest BCUT2D eigenvalue weighted by Crippen LogP contribution is 2.31. The van der Waals surface area contributed by atoms with E-state index in [-0.39, 0.29) is 23.8 Å². The minimum atomic E-state index is 0.0192. The van der Waals surface area contributed by atoms with Crippen LogP contribution in [-0.2, 0) is 22.6 Å². The average Bonchev–Trinajstić information content (AvgIpc) is 2.93. The van der Waals surface area contributed by atoms with Crippen molar-refractivity contribution in [1.29, 1.82) is 0 Å². The molecule has 2 N–H and O–H groups in total. The standard InChI is InChI=1S/C32H46N4O3/c1-5-15-34-31(37)20-25-7-6-8-30(19-25)39-29-13-10-26(11-14-29)32(38)35(4)28-12-9-27(23(2)18-28)22-36-17-16-33-24(3)21-36/h6-9,12,18-19,24,26,29,33H,5,10-11,13-17,20-22H2,1-4H3,(H,34,37)/t24-,26?,29?/m0/s1. The van der Waals surface area contributed by atoms with Crippen molar-refractivity contribution in [2.45, 2.75) is 78.0 Å². The van der Waals surface area contributed by atoms with E-state index in [4.69, 9.17) is 4.74 Å². The van der Waals surface area contributed by atoms with Gasteiger partial charge in [-0.3, -0.25) is 14.5 Å². The van der Waals surface area contributed by atoms with Crippen LogP contribution in [0.5, 0.6) is 5.75 Å². The van der Waals surface area contributed by atoms with Crippen LogP contribution in [0.2, 0.25) is 0 Å². The summed E-state index contributed by atoms with van der Waals surface area (Å²) in [6.07, 6.45) is 4.74. The van der Waals surface area contributed by atoms with Crippen molar-refractivity contribution in [2.75, 3.05) is 38.1 Å². The fourth-order valence-corrected chi connectivity index (χ4v) is 5.73. The number of aryl methyl sites for hydroxylation is 1. The van der Waals surface area contributed by atoms with Gasteiger partial charge in [0, 0.05) is 57.4 Å². The fraction of sp³-hybridized carbons (Fsp3) is 0.562. The molecule has 7 nitrogen and oxygen atoms in total. The first kappa shape index (κ1) is 29.1. The molecule has 2 aromatic rings. The summed E-state index contributed by atoms with van der Waals surface area (Å²) >= 11 is 0. The number of rotatable bonds is 10. The number of hydrogen-bond acceptors (Lipinski definition) is 5. The second kappa shape index (κ2) is 13.9. The van der Waals surface area contributed by atoms with Gasteiger partial charge in [-0.25, -0.2) is 0 Å². The van der Waals surface area contributed by atoms with E-state index in [1.54, 1.807) is 0 Å². The largest absolute Gasteiger partial charge is 0.490 e. The second-order valence-corrected chi connectivity index (χ2v) is 11.4. The van der Waals surface area contributed by atoms with E-state index < -0.39 is 0 Å². The predicted octanol–water partition coefficient (Wildman–Crippen LogP) is 4.46. The third kappa shape index (κ3) is 8.29. The summed E-state index contributed by atoms with van der Waals surface area (Å²) in [5, 5.41) is 6.42. The van der Waals surface area contributed by atoms with Crippen molar-refractivity contribution in [3.63, 3.8) is 0 Å². The quantitative estimate of drug-likeness (QED) is 0.471. The van der Waals surface area contributed by atoms with Crippen molar-refractivity contribution in [3.05, 3.63) is 59.2 Å². The van der Waals surface area contributed by atoms with Crippen molar-refractivity contribution in [1.82, 2.24) is 15.5 Å². The molecule has 2 fully saturated rings. The van der Waals surface area contributed by atoms with Crippen LogP contribution in [-0.4, -0.2) is 62.1 Å². The molecule has 2 aliphatic rings. The molecule has 1 atom stereocenters. The Bertz CT molecular complexity index is 1110. The Kier molecular flexibility index (Phi) is 10.4. The number of amides is 2. The Morgan fingerprint density at radius 2 is 1.92 bits per heavy atom. The topological polar surface area (TPSA) is 73.9 Å². The van der Waals surface area contributed by atoms with Gasteiger partial charge >= 0.3 is 0 Å². The Morgan fingerprint density at radius 3 is 2.64 bits per heavy atom. The lowest BCUT2D eigenvalue weighted by molar-refractivity contribution is -0.123. The lowest BCUT2D eigenvalue weighted by Crippen LogP contribution is -2.48. The molecular formula is C32H46N4O3. The first-order valence-electron chi connectivity index (χ1n) is 14.7. The summed E-state index contributed by atoms with van der Waals surface area (Å²) in [5.41, 5.74) is 4.49. The van der Waals surface area contributed by atoms with Gasteiger partial charge in [-0.2, -0.15) is 0 Å². The third-order valence-corrected chi connectivity index (χ3v) is 8.05. The Morgan fingerprint density at radius 1 is 1.13 bits per heavy atom. The number of anilines is 1. The van der Waals surface area contributed by atoms with E-state index in [2.05, 4.69) is 47.6 Å². The second-order valence-electron chi connectivity index (χ2n) is 11.4. The molecule has 4 rings (SSSR count). The molecule has 1 saturated carbocycles. The summed E-state index contributed by atoms with van der Waals surface area (Å²) < 4.78 is 6.27. The van der Waals surface area contributed by atoms with Gasteiger partial charge in [0.15, 0.2) is 0 Å². The van der Waals surface area contributed by atoms with E-state index in [9.17, 15) is 9.59 Å². The molecule has 0 bridgehead atoms. The number of ether oxygens (including phenoxy) is 1. The predicted molar refractivity (Wildman–Crippen MR) is 157 cm³/mol. The van der Waals surface area contributed by atoms with Crippen LogP contribution in [0.25, 0.3) is 0 Å². The van der Waals surface area contributed by atoms with Gasteiger partial charge in [-0.05, 0) is 86.9 Å². The van der Waals surface area contributed by atoms with Crippen LogP contribution >= 0.6 is 0 Å². The van der Waals surface area contributed by atoms with Crippen LogP contribution in [0.3, 0.4) is 0 Å². The third-order valence-electron chi connectivity index (χ3n) is 8.05. The van der Waals surface area contributed by atoms with Gasteiger partial charge < -0.3 is 20.3 Å². The molecule has 2 aromatic carbocycles. The van der Waals surface area contributed by atoms with Crippen LogP contribution in [0.4, 0.5) is 5.69 Å². The molecule has 0 aromatic heterocycles. The van der Waals surface area contributed by atoms with E-state index in [0.29, 0.717) is 19.0 Å². The van der Waals surface area contributed by atoms with Gasteiger partial charge in [0.05, 0.1) is 12.5 Å². The molecule has 212 valence electrons. The van der Waals surface area contributed by atoms with E-state index in [0.717, 1.165) is 75.3 Å². The molecule has 1 aliphatic heterocycles. The van der Waals surface area contributed by atoms with Crippen molar-refractivity contribution in [2.24, 2.45) is 5.92 Å². The van der Waals surface area contributed by atoms with Gasteiger partial charge in [0.25, 0.3) is 0 Å². The van der Waals surface area contributed by atoms with E-state index >= 15 is 0 Å². The first-order valence-corrected chi connectivity index (χ1v) is 14.7. The van der Waals surface area contributed by atoms with Crippen LogP contribution in [0, 0.1) is 12.8 Å². The maximum absolute atomic E-state index is 13.4. The lowest BCUT2D eigenvalue weighted by Gasteiger charge is -2.32. The molecule has 0 spiro atoms.